The molecule has 0 bridgehead atoms. The monoisotopic (exact) mass is 340 g/mol. The van der Waals surface area contributed by atoms with Gasteiger partial charge in [-0.15, -0.1) is 11.3 Å². The normalized spacial score (nSPS) is 11.8. The molecule has 1 amide bonds. The first-order valence-corrected chi connectivity index (χ1v) is 7.51. The number of thiazole rings is 1. The second-order valence-electron chi connectivity index (χ2n) is 4.44. The van der Waals surface area contributed by atoms with E-state index in [1.165, 1.54) is 12.5 Å². The van der Waals surface area contributed by atoms with E-state index >= 15 is 0 Å². The van der Waals surface area contributed by atoms with Gasteiger partial charge < -0.3 is 15.2 Å². The van der Waals surface area contributed by atoms with Crippen LogP contribution < -0.4 is 10.1 Å². The lowest BCUT2D eigenvalue weighted by Gasteiger charge is -2.11. The Hall–Kier alpha value is -2.12. The fourth-order valence-corrected chi connectivity index (χ4v) is 2.80. The summed E-state index contributed by atoms with van der Waals surface area (Å²) in [5, 5.41) is 13.8. The van der Waals surface area contributed by atoms with Crippen LogP contribution in [-0.2, 0) is 4.79 Å². The molecule has 0 fully saturated rings. The first-order valence-electron chi connectivity index (χ1n) is 6.25. The number of ether oxygens (including phenoxy) is 1. The molecule has 0 saturated carbocycles. The van der Waals surface area contributed by atoms with Gasteiger partial charge in [-0.05, 0) is 25.1 Å². The van der Waals surface area contributed by atoms with Crippen LogP contribution in [-0.4, -0.2) is 29.1 Å². The number of methoxy groups -OCH3 is 1. The van der Waals surface area contributed by atoms with Crippen LogP contribution in [0.5, 0.6) is 5.75 Å². The molecule has 116 valence electrons. The van der Waals surface area contributed by atoms with E-state index < -0.39 is 11.9 Å². The van der Waals surface area contributed by atoms with Crippen LogP contribution >= 0.6 is 22.9 Å². The van der Waals surface area contributed by atoms with E-state index in [-0.39, 0.29) is 11.6 Å². The number of hydrogen-bond donors (Lipinski definition) is 2. The van der Waals surface area contributed by atoms with Gasteiger partial charge in [0.05, 0.1) is 18.1 Å². The van der Waals surface area contributed by atoms with Crippen molar-refractivity contribution in [2.75, 3.05) is 12.4 Å². The number of aromatic nitrogens is 1. The van der Waals surface area contributed by atoms with Gasteiger partial charge in [0.15, 0.2) is 5.69 Å². The van der Waals surface area contributed by atoms with Crippen molar-refractivity contribution in [2.24, 2.45) is 0 Å². The highest BCUT2D eigenvalue weighted by Gasteiger charge is 2.20. The second-order valence-corrected chi connectivity index (χ2v) is 5.73. The van der Waals surface area contributed by atoms with Gasteiger partial charge in [0, 0.05) is 11.1 Å². The number of aromatic carboxylic acids is 1. The molecule has 0 aliphatic heterocycles. The lowest BCUT2D eigenvalue weighted by Crippen LogP contribution is -2.19. The van der Waals surface area contributed by atoms with Crippen LogP contribution in [0.4, 0.5) is 5.69 Å². The predicted octanol–water partition coefficient (Wildman–Crippen LogP) is 3.25. The van der Waals surface area contributed by atoms with Gasteiger partial charge in [-0.3, -0.25) is 4.79 Å². The van der Waals surface area contributed by atoms with Crippen molar-refractivity contribution in [3.8, 4) is 5.75 Å². The summed E-state index contributed by atoms with van der Waals surface area (Å²) in [6.45, 7) is 1.66. The van der Waals surface area contributed by atoms with Crippen molar-refractivity contribution >= 4 is 40.5 Å². The number of anilines is 1. The highest BCUT2D eigenvalue weighted by Crippen LogP contribution is 2.28. The van der Waals surface area contributed by atoms with Gasteiger partial charge in [-0.1, -0.05) is 11.6 Å². The number of hydrogen-bond acceptors (Lipinski definition) is 5. The van der Waals surface area contributed by atoms with E-state index in [0.29, 0.717) is 21.5 Å². The second kappa shape index (κ2) is 6.76. The SMILES string of the molecule is COc1ccc(NC(=O)C(C)c2nc(C(=O)O)cs2)cc1Cl. The van der Waals surface area contributed by atoms with E-state index in [2.05, 4.69) is 10.3 Å². The molecule has 0 aliphatic rings. The molecule has 0 spiro atoms. The van der Waals surface area contributed by atoms with Crippen LogP contribution in [0.25, 0.3) is 0 Å². The molecular formula is C14H13ClN2O4S. The average molecular weight is 341 g/mol. The average Bonchev–Trinajstić information content (AvgIpc) is 2.96. The summed E-state index contributed by atoms with van der Waals surface area (Å²) in [6.07, 6.45) is 0. The Morgan fingerprint density at radius 1 is 1.45 bits per heavy atom. The fraction of sp³-hybridized carbons (Fsp3) is 0.214. The van der Waals surface area contributed by atoms with Crippen molar-refractivity contribution in [3.63, 3.8) is 0 Å². The van der Waals surface area contributed by atoms with Crippen molar-refractivity contribution < 1.29 is 19.4 Å². The van der Waals surface area contributed by atoms with Crippen LogP contribution in [0.15, 0.2) is 23.6 Å². The molecule has 2 N–H and O–H groups in total. The number of carbonyl (C=O) groups is 2. The minimum Gasteiger partial charge on any atom is -0.495 e. The summed E-state index contributed by atoms with van der Waals surface area (Å²) in [5.41, 5.74) is 0.463. The maximum atomic E-state index is 12.2. The zero-order valence-corrected chi connectivity index (χ0v) is 13.4. The zero-order chi connectivity index (χ0) is 16.3. The van der Waals surface area contributed by atoms with Gasteiger partial charge in [0.25, 0.3) is 0 Å². The zero-order valence-electron chi connectivity index (χ0n) is 11.8. The molecule has 6 nitrogen and oxygen atoms in total. The van der Waals surface area contributed by atoms with Gasteiger partial charge in [0.1, 0.15) is 10.8 Å². The molecule has 1 atom stereocenters. The number of carbonyl (C=O) groups excluding carboxylic acids is 1. The number of nitrogens with zero attached hydrogens (tertiary/aromatic N) is 1. The third-order valence-corrected chi connectivity index (χ3v) is 4.25. The Morgan fingerprint density at radius 3 is 2.73 bits per heavy atom. The molecule has 0 radical (unpaired) electrons. The number of carboxylic acids is 1. The highest BCUT2D eigenvalue weighted by molar-refractivity contribution is 7.10. The van der Waals surface area contributed by atoms with Gasteiger partial charge in [-0.2, -0.15) is 0 Å². The largest absolute Gasteiger partial charge is 0.495 e. The van der Waals surface area contributed by atoms with Crippen LogP contribution in [0, 0.1) is 0 Å². The summed E-state index contributed by atoms with van der Waals surface area (Å²) in [5.74, 6) is -1.47. The summed E-state index contributed by atoms with van der Waals surface area (Å²) in [6, 6.07) is 4.89. The molecule has 1 aromatic carbocycles. The molecular weight excluding hydrogens is 328 g/mol. The molecule has 0 aliphatic carbocycles. The summed E-state index contributed by atoms with van der Waals surface area (Å²) in [4.78, 5) is 26.9. The Balaban J connectivity index is 2.10. The minimum atomic E-state index is -1.11. The van der Waals surface area contributed by atoms with Gasteiger partial charge >= 0.3 is 5.97 Å². The lowest BCUT2D eigenvalue weighted by atomic mass is 10.1. The molecule has 22 heavy (non-hydrogen) atoms. The number of carboxylic acid groups (broad SMARTS) is 1. The minimum absolute atomic E-state index is 0.0628. The third kappa shape index (κ3) is 3.55. The Labute approximate surface area is 135 Å². The van der Waals surface area contributed by atoms with Crippen LogP contribution in [0.2, 0.25) is 5.02 Å². The number of halogens is 1. The lowest BCUT2D eigenvalue weighted by molar-refractivity contribution is -0.117. The smallest absolute Gasteiger partial charge is 0.355 e. The number of benzene rings is 1. The molecule has 2 rings (SSSR count). The summed E-state index contributed by atoms with van der Waals surface area (Å²) >= 11 is 7.13. The maximum Gasteiger partial charge on any atom is 0.355 e. The van der Waals surface area contributed by atoms with Crippen LogP contribution in [0.1, 0.15) is 28.3 Å². The number of rotatable bonds is 5. The number of nitrogens with one attached hydrogen (secondary N) is 1. The first kappa shape index (κ1) is 16.3. The molecule has 2 aromatic rings. The van der Waals surface area contributed by atoms with Gasteiger partial charge in [-0.25, -0.2) is 9.78 Å². The van der Waals surface area contributed by atoms with Crippen molar-refractivity contribution in [2.45, 2.75) is 12.8 Å². The maximum absolute atomic E-state index is 12.2. The quantitative estimate of drug-likeness (QED) is 0.872. The van der Waals surface area contributed by atoms with E-state index in [9.17, 15) is 9.59 Å². The van der Waals surface area contributed by atoms with Crippen molar-refractivity contribution in [3.05, 3.63) is 39.3 Å². The third-order valence-electron chi connectivity index (χ3n) is 2.92. The van der Waals surface area contributed by atoms with Gasteiger partial charge in [0.2, 0.25) is 5.91 Å². The predicted molar refractivity (Wildman–Crippen MR) is 84.1 cm³/mol. The fourth-order valence-electron chi connectivity index (χ4n) is 1.69. The Bertz CT molecular complexity index is 717. The Kier molecular flexibility index (Phi) is 4.99. The van der Waals surface area contributed by atoms with E-state index in [0.717, 1.165) is 11.3 Å². The first-order chi connectivity index (χ1) is 10.4. The number of amides is 1. The van der Waals surface area contributed by atoms with E-state index in [1.54, 1.807) is 25.1 Å². The summed E-state index contributed by atoms with van der Waals surface area (Å²) in [7, 11) is 1.50. The highest BCUT2D eigenvalue weighted by atomic mass is 35.5. The molecule has 0 saturated heterocycles. The van der Waals surface area contributed by atoms with Crippen LogP contribution in [0.3, 0.4) is 0 Å². The molecule has 8 heteroatoms. The Morgan fingerprint density at radius 2 is 2.18 bits per heavy atom. The standard InChI is InChI=1S/C14H13ClN2O4S/c1-7(13-17-10(6-22-13)14(19)20)12(18)16-8-3-4-11(21-2)9(15)5-8/h3-7H,1-2H3,(H,16,18)(H,19,20). The molecule has 1 unspecified atom stereocenters. The molecule has 1 heterocycles. The van der Waals surface area contributed by atoms with E-state index in [1.807, 2.05) is 0 Å². The summed E-state index contributed by atoms with van der Waals surface area (Å²) < 4.78 is 5.04. The van der Waals surface area contributed by atoms with E-state index in [4.69, 9.17) is 21.4 Å². The topological polar surface area (TPSA) is 88.5 Å². The molecule has 1 aromatic heterocycles. The van der Waals surface area contributed by atoms with Crippen molar-refractivity contribution in [1.29, 1.82) is 0 Å². The van der Waals surface area contributed by atoms with Crippen molar-refractivity contribution in [1.82, 2.24) is 4.98 Å².